The molecular weight excluding hydrogens is 212 g/mol. The Labute approximate surface area is 91.1 Å². The van der Waals surface area contributed by atoms with Gasteiger partial charge in [0.25, 0.3) is 5.56 Å². The molecule has 1 aliphatic heterocycles. The van der Waals surface area contributed by atoms with E-state index in [2.05, 4.69) is 4.98 Å². The summed E-state index contributed by atoms with van der Waals surface area (Å²) in [4.78, 5) is 25.9. The highest BCUT2D eigenvalue weighted by Gasteiger charge is 2.20. The van der Waals surface area contributed by atoms with E-state index in [1.807, 2.05) is 0 Å². The fraction of sp³-hybridized carbons (Fsp3) is 0.400. The van der Waals surface area contributed by atoms with E-state index in [1.54, 1.807) is 0 Å². The molecule has 1 aromatic rings. The monoisotopic (exact) mass is 224 g/mol. The molecule has 2 heterocycles. The number of nitrogens with zero attached hydrogens (tertiary/aromatic N) is 1. The van der Waals surface area contributed by atoms with E-state index >= 15 is 0 Å². The first-order valence-corrected chi connectivity index (χ1v) is 5.00. The molecular formula is C10H12N2O4. The normalized spacial score (nSPS) is 15.4. The zero-order valence-corrected chi connectivity index (χ0v) is 8.56. The molecule has 0 fully saturated rings. The Bertz CT molecular complexity index is 480. The number of hydrogen-bond acceptors (Lipinski definition) is 3. The van der Waals surface area contributed by atoms with Crippen LogP contribution in [0.1, 0.15) is 11.3 Å². The predicted octanol–water partition coefficient (Wildman–Crippen LogP) is 0.159. The number of carboxylic acid groups (broad SMARTS) is 1. The first kappa shape index (κ1) is 10.5. The molecule has 0 spiro atoms. The van der Waals surface area contributed by atoms with E-state index in [4.69, 9.17) is 5.11 Å². The Balaban J connectivity index is 2.34. The number of aromatic nitrogens is 1. The van der Waals surface area contributed by atoms with E-state index in [1.165, 1.54) is 4.90 Å². The van der Waals surface area contributed by atoms with E-state index in [9.17, 15) is 14.7 Å². The first-order valence-electron chi connectivity index (χ1n) is 5.00. The second kappa shape index (κ2) is 3.88. The van der Waals surface area contributed by atoms with Gasteiger partial charge in [-0.25, -0.2) is 4.79 Å². The third-order valence-electron chi connectivity index (χ3n) is 2.75. The Morgan fingerprint density at radius 1 is 1.38 bits per heavy atom. The minimum Gasteiger partial charge on any atom is -0.507 e. The number of aromatic amines is 1. The molecule has 6 heteroatoms. The van der Waals surface area contributed by atoms with Gasteiger partial charge in [-0.1, -0.05) is 0 Å². The Morgan fingerprint density at radius 2 is 2.06 bits per heavy atom. The van der Waals surface area contributed by atoms with Crippen molar-refractivity contribution in [3.63, 3.8) is 0 Å². The third-order valence-corrected chi connectivity index (χ3v) is 2.75. The molecule has 0 aliphatic carbocycles. The molecule has 0 bridgehead atoms. The average Bonchev–Trinajstić information content (AvgIpc) is 2.39. The Kier molecular flexibility index (Phi) is 2.55. The summed E-state index contributed by atoms with van der Waals surface area (Å²) >= 11 is 0. The third kappa shape index (κ3) is 1.86. The molecule has 1 aliphatic rings. The predicted molar refractivity (Wildman–Crippen MR) is 55.7 cm³/mol. The zero-order chi connectivity index (χ0) is 11.7. The van der Waals surface area contributed by atoms with Crippen molar-refractivity contribution in [1.29, 1.82) is 0 Å². The van der Waals surface area contributed by atoms with Crippen LogP contribution in [0.5, 0.6) is 5.75 Å². The fourth-order valence-corrected chi connectivity index (χ4v) is 1.92. The highest BCUT2D eigenvalue weighted by molar-refractivity contribution is 5.65. The minimum atomic E-state index is -0.977. The van der Waals surface area contributed by atoms with Crippen LogP contribution in [-0.4, -0.2) is 39.3 Å². The van der Waals surface area contributed by atoms with Crippen molar-refractivity contribution in [3.8, 4) is 5.75 Å². The fourth-order valence-electron chi connectivity index (χ4n) is 1.92. The molecule has 3 N–H and O–H groups in total. The molecule has 86 valence electrons. The van der Waals surface area contributed by atoms with Gasteiger partial charge in [-0.05, 0) is 6.42 Å². The zero-order valence-electron chi connectivity index (χ0n) is 8.56. The second-order valence-corrected chi connectivity index (χ2v) is 3.75. The number of aromatic hydroxyl groups is 1. The van der Waals surface area contributed by atoms with Crippen LogP contribution in [0.25, 0.3) is 0 Å². The summed E-state index contributed by atoms with van der Waals surface area (Å²) < 4.78 is 0. The average molecular weight is 224 g/mol. The molecule has 0 saturated heterocycles. The van der Waals surface area contributed by atoms with Crippen molar-refractivity contribution in [2.45, 2.75) is 12.8 Å². The number of fused-ring (bicyclic) bond motifs is 1. The molecule has 0 unspecified atom stereocenters. The second-order valence-electron chi connectivity index (χ2n) is 3.75. The quantitative estimate of drug-likeness (QED) is 0.585. The van der Waals surface area contributed by atoms with Gasteiger partial charge in [0.1, 0.15) is 5.75 Å². The number of hydrogen-bond donors (Lipinski definition) is 3. The molecule has 0 saturated carbocycles. The van der Waals surface area contributed by atoms with Crippen LogP contribution in [0.3, 0.4) is 0 Å². The van der Waals surface area contributed by atoms with Gasteiger partial charge in [-0.15, -0.1) is 0 Å². The molecule has 1 aromatic heterocycles. The Morgan fingerprint density at radius 3 is 2.75 bits per heavy atom. The maximum Gasteiger partial charge on any atom is 0.407 e. The van der Waals surface area contributed by atoms with Crippen LogP contribution in [0.4, 0.5) is 4.79 Å². The summed E-state index contributed by atoms with van der Waals surface area (Å²) in [5.74, 6) is -0.0500. The lowest BCUT2D eigenvalue weighted by Gasteiger charge is -2.14. The minimum absolute atomic E-state index is 0.0500. The summed E-state index contributed by atoms with van der Waals surface area (Å²) in [5, 5.41) is 18.5. The largest absolute Gasteiger partial charge is 0.507 e. The van der Waals surface area contributed by atoms with Gasteiger partial charge in [0.2, 0.25) is 0 Å². The summed E-state index contributed by atoms with van der Waals surface area (Å²) in [6.45, 7) is 0.670. The van der Waals surface area contributed by atoms with Gasteiger partial charge in [-0.2, -0.15) is 0 Å². The van der Waals surface area contributed by atoms with Crippen molar-refractivity contribution < 1.29 is 15.0 Å². The van der Waals surface area contributed by atoms with Gasteiger partial charge >= 0.3 is 6.09 Å². The maximum atomic E-state index is 11.1. The van der Waals surface area contributed by atoms with E-state index in [0.717, 1.165) is 6.07 Å². The van der Waals surface area contributed by atoms with Crippen molar-refractivity contribution >= 4 is 6.09 Å². The number of nitrogens with one attached hydrogen (secondary N) is 1. The first-order chi connectivity index (χ1) is 7.58. The number of pyridine rings is 1. The lowest BCUT2D eigenvalue weighted by molar-refractivity contribution is 0.147. The summed E-state index contributed by atoms with van der Waals surface area (Å²) in [6.07, 6.45) is -0.134. The van der Waals surface area contributed by atoms with Gasteiger partial charge in [0.15, 0.2) is 0 Å². The number of amides is 1. The van der Waals surface area contributed by atoms with E-state index in [0.29, 0.717) is 37.2 Å². The molecule has 16 heavy (non-hydrogen) atoms. The van der Waals surface area contributed by atoms with Crippen LogP contribution in [0, 0.1) is 0 Å². The summed E-state index contributed by atoms with van der Waals surface area (Å²) in [5.41, 5.74) is 0.914. The molecule has 0 atom stereocenters. The highest BCUT2D eigenvalue weighted by Crippen LogP contribution is 2.21. The van der Waals surface area contributed by atoms with Crippen molar-refractivity contribution in [3.05, 3.63) is 27.7 Å². The van der Waals surface area contributed by atoms with E-state index < -0.39 is 6.09 Å². The van der Waals surface area contributed by atoms with Crippen molar-refractivity contribution in [2.75, 3.05) is 13.1 Å². The van der Waals surface area contributed by atoms with Gasteiger partial charge < -0.3 is 20.1 Å². The van der Waals surface area contributed by atoms with E-state index in [-0.39, 0.29) is 11.3 Å². The topological polar surface area (TPSA) is 93.6 Å². The molecule has 1 amide bonds. The highest BCUT2D eigenvalue weighted by atomic mass is 16.4. The van der Waals surface area contributed by atoms with Crippen molar-refractivity contribution in [1.82, 2.24) is 9.88 Å². The summed E-state index contributed by atoms with van der Waals surface area (Å²) in [7, 11) is 0. The van der Waals surface area contributed by atoms with Crippen LogP contribution in [0.15, 0.2) is 10.9 Å². The van der Waals surface area contributed by atoms with Gasteiger partial charge in [0, 0.05) is 36.8 Å². The Hall–Kier alpha value is -1.98. The van der Waals surface area contributed by atoms with Crippen molar-refractivity contribution in [2.24, 2.45) is 0 Å². The van der Waals surface area contributed by atoms with Gasteiger partial charge in [-0.3, -0.25) is 4.79 Å². The SMILES string of the molecule is O=C(O)N1CCc2[nH]c(=O)cc(O)c2CC1. The van der Waals surface area contributed by atoms with Gasteiger partial charge in [0.05, 0.1) is 0 Å². The molecule has 2 rings (SSSR count). The standard InChI is InChI=1S/C10H12N2O4/c13-8-5-9(14)11-7-2-4-12(10(15)16)3-1-6(7)8/h5H,1-4H2,(H,15,16)(H2,11,13,14). The summed E-state index contributed by atoms with van der Waals surface area (Å²) in [6, 6.07) is 1.12. The number of carbonyl (C=O) groups is 1. The number of H-pyrrole nitrogens is 1. The molecule has 0 aromatic carbocycles. The van der Waals surface area contributed by atoms with Crippen LogP contribution >= 0.6 is 0 Å². The molecule has 6 nitrogen and oxygen atoms in total. The number of rotatable bonds is 0. The van der Waals surface area contributed by atoms with Crippen LogP contribution in [0.2, 0.25) is 0 Å². The lowest BCUT2D eigenvalue weighted by atomic mass is 10.1. The smallest absolute Gasteiger partial charge is 0.407 e. The maximum absolute atomic E-state index is 11.1. The lowest BCUT2D eigenvalue weighted by Crippen LogP contribution is -2.31. The molecule has 0 radical (unpaired) electrons. The van der Waals surface area contributed by atoms with Crippen LogP contribution in [-0.2, 0) is 12.8 Å². The van der Waals surface area contributed by atoms with Crippen LogP contribution < -0.4 is 5.56 Å².